The highest BCUT2D eigenvalue weighted by Gasteiger charge is 2.36. The second kappa shape index (κ2) is 8.55. The lowest BCUT2D eigenvalue weighted by molar-refractivity contribution is -0.114. The van der Waals surface area contributed by atoms with E-state index in [2.05, 4.69) is 30.0 Å². The number of nitrogens with zero attached hydrogens (tertiary/aromatic N) is 4. The number of hydrogen-bond donors (Lipinski definition) is 1. The van der Waals surface area contributed by atoms with Crippen molar-refractivity contribution in [1.82, 2.24) is 9.58 Å². The Bertz CT molecular complexity index is 1350. The number of hydrazone groups is 1. The van der Waals surface area contributed by atoms with Gasteiger partial charge >= 0.3 is 0 Å². The molecule has 164 valence electrons. The molecular formula is C25H21N5O2S. The predicted octanol–water partition coefficient (Wildman–Crippen LogP) is 4.79. The van der Waals surface area contributed by atoms with E-state index >= 15 is 0 Å². The van der Waals surface area contributed by atoms with Gasteiger partial charge in [0.1, 0.15) is 17.4 Å². The molecule has 2 aliphatic rings. The number of benzene rings is 2. The predicted molar refractivity (Wildman–Crippen MR) is 132 cm³/mol. The minimum atomic E-state index is -0.451. The molecule has 0 saturated carbocycles. The largest absolute Gasteiger partial charge is 0.487 e. The second-order valence-corrected chi connectivity index (χ2v) is 8.68. The lowest BCUT2D eigenvalue weighted by atomic mass is 10.1. The van der Waals surface area contributed by atoms with Crippen LogP contribution in [-0.4, -0.2) is 38.1 Å². The highest BCUT2D eigenvalue weighted by Crippen LogP contribution is 2.29. The van der Waals surface area contributed by atoms with Crippen molar-refractivity contribution < 1.29 is 9.53 Å². The number of aryl methyl sites for hydroxylation is 1. The molecule has 0 radical (unpaired) electrons. The number of nitrogens with one attached hydrogen (secondary N) is 1. The number of amides is 1. The number of fused-ring (bicyclic) bond motifs is 1. The van der Waals surface area contributed by atoms with Crippen LogP contribution in [-0.2, 0) is 4.79 Å². The van der Waals surface area contributed by atoms with Crippen molar-refractivity contribution in [2.75, 3.05) is 6.61 Å². The number of thioether (sulfide) groups is 1. The van der Waals surface area contributed by atoms with Crippen LogP contribution in [0.2, 0.25) is 0 Å². The third-order valence-corrected chi connectivity index (χ3v) is 6.39. The van der Waals surface area contributed by atoms with Gasteiger partial charge in [0.2, 0.25) is 5.17 Å². The molecule has 1 N–H and O–H groups in total. The van der Waals surface area contributed by atoms with E-state index in [1.807, 2.05) is 65.4 Å². The SMILES string of the molecule is Cc1cccc(-n2cccc2/C=C2\C(=N)N3N=C(COc4ccccc4)SC3=NC2=O)c1C. The van der Waals surface area contributed by atoms with Crippen molar-refractivity contribution in [2.45, 2.75) is 13.8 Å². The smallest absolute Gasteiger partial charge is 0.283 e. The zero-order chi connectivity index (χ0) is 22.9. The van der Waals surface area contributed by atoms with Gasteiger partial charge in [0.15, 0.2) is 5.84 Å². The van der Waals surface area contributed by atoms with E-state index in [0.717, 1.165) is 22.7 Å². The molecule has 0 fully saturated rings. The average Bonchev–Trinajstić information content (AvgIpc) is 3.44. The Balaban J connectivity index is 1.41. The lowest BCUT2D eigenvalue weighted by Crippen LogP contribution is -2.35. The number of hydrogen-bond acceptors (Lipinski definition) is 5. The molecule has 33 heavy (non-hydrogen) atoms. The second-order valence-electron chi connectivity index (χ2n) is 7.64. The molecule has 0 unspecified atom stereocenters. The molecule has 3 heterocycles. The normalized spacial score (nSPS) is 16.7. The molecule has 3 aromatic rings. The van der Waals surface area contributed by atoms with Gasteiger partial charge < -0.3 is 9.30 Å². The Morgan fingerprint density at radius 2 is 1.88 bits per heavy atom. The Morgan fingerprint density at radius 1 is 1.06 bits per heavy atom. The summed E-state index contributed by atoms with van der Waals surface area (Å²) in [7, 11) is 0. The van der Waals surface area contributed by atoms with E-state index in [9.17, 15) is 4.79 Å². The van der Waals surface area contributed by atoms with Crippen LogP contribution in [0, 0.1) is 19.3 Å². The van der Waals surface area contributed by atoms with Crippen LogP contribution in [0.5, 0.6) is 5.75 Å². The summed E-state index contributed by atoms with van der Waals surface area (Å²) in [5.74, 6) is 0.278. The fraction of sp³-hybridized carbons (Fsp3) is 0.120. The van der Waals surface area contributed by atoms with Gasteiger partial charge in [0, 0.05) is 17.6 Å². The number of aromatic nitrogens is 1. The topological polar surface area (TPSA) is 83.0 Å². The Labute approximate surface area is 195 Å². The molecule has 5 rings (SSSR count). The summed E-state index contributed by atoms with van der Waals surface area (Å²) in [5.41, 5.74) is 4.35. The first kappa shape index (κ1) is 21.0. The molecular weight excluding hydrogens is 434 g/mol. The van der Waals surface area contributed by atoms with E-state index in [4.69, 9.17) is 10.1 Å². The maximum Gasteiger partial charge on any atom is 0.283 e. The lowest BCUT2D eigenvalue weighted by Gasteiger charge is -2.20. The van der Waals surface area contributed by atoms with Gasteiger partial charge in [-0.1, -0.05) is 30.3 Å². The number of rotatable bonds is 5. The Kier molecular flexibility index (Phi) is 5.43. The quantitative estimate of drug-likeness (QED) is 0.561. The van der Waals surface area contributed by atoms with Gasteiger partial charge in [-0.05, 0) is 73.1 Å². The van der Waals surface area contributed by atoms with Crippen molar-refractivity contribution in [1.29, 1.82) is 5.41 Å². The number of carbonyl (C=O) groups is 1. The van der Waals surface area contributed by atoms with Crippen molar-refractivity contribution in [3.05, 3.63) is 89.3 Å². The molecule has 0 saturated heterocycles. The summed E-state index contributed by atoms with van der Waals surface area (Å²) < 4.78 is 7.76. The van der Waals surface area contributed by atoms with Gasteiger partial charge in [-0.15, -0.1) is 0 Å². The monoisotopic (exact) mass is 455 g/mol. The first-order valence-electron chi connectivity index (χ1n) is 10.4. The van der Waals surface area contributed by atoms with Crippen LogP contribution in [0.15, 0.2) is 82.5 Å². The molecule has 1 aromatic heterocycles. The van der Waals surface area contributed by atoms with Crippen molar-refractivity contribution in [3.8, 4) is 11.4 Å². The van der Waals surface area contributed by atoms with E-state index < -0.39 is 5.91 Å². The third-order valence-electron chi connectivity index (χ3n) is 5.51. The van der Waals surface area contributed by atoms with Gasteiger partial charge in [-0.2, -0.15) is 15.1 Å². The molecule has 0 aliphatic carbocycles. The van der Waals surface area contributed by atoms with E-state index in [1.165, 1.54) is 22.3 Å². The highest BCUT2D eigenvalue weighted by molar-refractivity contribution is 8.27. The van der Waals surface area contributed by atoms with Gasteiger partial charge in [-0.3, -0.25) is 10.2 Å². The first-order chi connectivity index (χ1) is 16.0. The number of ether oxygens (including phenoxy) is 1. The van der Waals surface area contributed by atoms with Crippen LogP contribution in [0.1, 0.15) is 16.8 Å². The molecule has 0 bridgehead atoms. The van der Waals surface area contributed by atoms with Crippen LogP contribution < -0.4 is 4.74 Å². The maximum atomic E-state index is 12.8. The molecule has 0 atom stereocenters. The van der Waals surface area contributed by atoms with Crippen LogP contribution in [0.25, 0.3) is 11.8 Å². The van der Waals surface area contributed by atoms with Gasteiger partial charge in [-0.25, -0.2) is 0 Å². The summed E-state index contributed by atoms with van der Waals surface area (Å²) in [6.07, 6.45) is 3.65. The van der Waals surface area contributed by atoms with E-state index in [-0.39, 0.29) is 18.0 Å². The Hall–Kier alpha value is -3.91. The summed E-state index contributed by atoms with van der Waals surface area (Å²) in [6.45, 7) is 4.38. The first-order valence-corrected chi connectivity index (χ1v) is 11.2. The summed E-state index contributed by atoms with van der Waals surface area (Å²) in [5, 5.41) is 15.5. The van der Waals surface area contributed by atoms with Crippen LogP contribution in [0.4, 0.5) is 0 Å². The zero-order valence-electron chi connectivity index (χ0n) is 18.1. The highest BCUT2D eigenvalue weighted by atomic mass is 32.2. The minimum Gasteiger partial charge on any atom is -0.487 e. The zero-order valence-corrected chi connectivity index (χ0v) is 19.0. The molecule has 0 spiro atoms. The summed E-state index contributed by atoms with van der Waals surface area (Å²) in [4.78, 5) is 17.0. The van der Waals surface area contributed by atoms with Crippen LogP contribution >= 0.6 is 11.8 Å². The fourth-order valence-corrected chi connectivity index (χ4v) is 4.43. The van der Waals surface area contributed by atoms with E-state index in [0.29, 0.717) is 10.2 Å². The standard InChI is InChI=1S/C25H21N5O2S/c1-16-8-6-12-21(17(16)2)29-13-7-9-18(29)14-20-23(26)30-25(27-24(20)31)33-22(28-30)15-32-19-10-4-3-5-11-19/h3-14,26H,15H2,1-2H3/b20-14+,26-23?. The Morgan fingerprint density at radius 3 is 2.70 bits per heavy atom. The molecule has 1 amide bonds. The van der Waals surface area contributed by atoms with Crippen LogP contribution in [0.3, 0.4) is 0 Å². The summed E-state index contributed by atoms with van der Waals surface area (Å²) >= 11 is 1.24. The number of amidine groups is 2. The van der Waals surface area contributed by atoms with Gasteiger partial charge in [0.05, 0.1) is 5.57 Å². The van der Waals surface area contributed by atoms with E-state index in [1.54, 1.807) is 6.08 Å². The number of carbonyl (C=O) groups excluding carboxylic acids is 1. The van der Waals surface area contributed by atoms with Gasteiger partial charge in [0.25, 0.3) is 5.91 Å². The maximum absolute atomic E-state index is 12.8. The molecule has 2 aromatic carbocycles. The van der Waals surface area contributed by atoms with Crippen molar-refractivity contribution in [2.24, 2.45) is 10.1 Å². The average molecular weight is 456 g/mol. The fourth-order valence-electron chi connectivity index (χ4n) is 3.63. The number of aliphatic imine (C=N–C) groups is 1. The minimum absolute atomic E-state index is 0.000857. The third kappa shape index (κ3) is 4.01. The summed E-state index contributed by atoms with van der Waals surface area (Å²) in [6, 6.07) is 19.4. The molecule has 8 heteroatoms. The van der Waals surface area contributed by atoms with Crippen molar-refractivity contribution in [3.63, 3.8) is 0 Å². The molecule has 2 aliphatic heterocycles. The van der Waals surface area contributed by atoms with Crippen molar-refractivity contribution >= 4 is 39.8 Å². The number of para-hydroxylation sites is 1. The molecule has 7 nitrogen and oxygen atoms in total.